The number of fused-ring (bicyclic) bond motifs is 1. The van der Waals surface area contributed by atoms with Crippen LogP contribution in [0, 0.1) is 6.92 Å². The molecular formula is C19H16N4O2. The SMILES string of the molecule is Cc1cc(NC(=O)c2ccc(Cn3cccn3)o2)c2ccccc2n1. The summed E-state index contributed by atoms with van der Waals surface area (Å²) >= 11 is 0. The summed E-state index contributed by atoms with van der Waals surface area (Å²) in [5.74, 6) is 0.646. The van der Waals surface area contributed by atoms with Gasteiger partial charge in [0.2, 0.25) is 0 Å². The minimum Gasteiger partial charge on any atom is -0.454 e. The third kappa shape index (κ3) is 3.14. The van der Waals surface area contributed by atoms with Crippen molar-refractivity contribution in [3.8, 4) is 0 Å². The summed E-state index contributed by atoms with van der Waals surface area (Å²) in [6, 6.07) is 14.9. The Balaban J connectivity index is 1.57. The first-order valence-corrected chi connectivity index (χ1v) is 7.93. The highest BCUT2D eigenvalue weighted by Gasteiger charge is 2.14. The number of pyridine rings is 1. The zero-order valence-corrected chi connectivity index (χ0v) is 13.6. The molecule has 0 spiro atoms. The normalized spacial score (nSPS) is 10.9. The van der Waals surface area contributed by atoms with Gasteiger partial charge in [0.1, 0.15) is 5.76 Å². The molecule has 4 aromatic rings. The Morgan fingerprint density at radius 3 is 2.92 bits per heavy atom. The second-order valence-electron chi connectivity index (χ2n) is 5.75. The Kier molecular flexibility index (Phi) is 3.78. The number of carbonyl (C=O) groups is 1. The zero-order valence-electron chi connectivity index (χ0n) is 13.6. The van der Waals surface area contributed by atoms with Gasteiger partial charge in [0.15, 0.2) is 5.76 Å². The molecule has 0 radical (unpaired) electrons. The molecule has 4 rings (SSSR count). The van der Waals surface area contributed by atoms with E-state index in [1.54, 1.807) is 23.0 Å². The molecule has 0 atom stereocenters. The predicted octanol–water partition coefficient (Wildman–Crippen LogP) is 3.63. The molecule has 0 saturated heterocycles. The van der Waals surface area contributed by atoms with Crippen LogP contribution in [0.5, 0.6) is 0 Å². The van der Waals surface area contributed by atoms with Crippen LogP contribution in [-0.4, -0.2) is 20.7 Å². The number of amides is 1. The average Bonchev–Trinajstić information content (AvgIpc) is 3.27. The van der Waals surface area contributed by atoms with Crippen molar-refractivity contribution in [1.29, 1.82) is 0 Å². The van der Waals surface area contributed by atoms with Gasteiger partial charge < -0.3 is 9.73 Å². The standard InChI is InChI=1S/C19H16N4O2/c1-13-11-17(15-5-2-3-6-16(15)21-13)22-19(24)18-8-7-14(25-18)12-23-10-4-9-20-23/h2-11H,12H2,1H3,(H,21,22,24). The molecule has 1 aromatic carbocycles. The van der Waals surface area contributed by atoms with E-state index in [9.17, 15) is 4.79 Å². The summed E-state index contributed by atoms with van der Waals surface area (Å²) in [6.07, 6.45) is 3.54. The molecule has 1 N–H and O–H groups in total. The van der Waals surface area contributed by atoms with Crippen LogP contribution in [0.25, 0.3) is 10.9 Å². The largest absolute Gasteiger partial charge is 0.454 e. The average molecular weight is 332 g/mol. The number of aryl methyl sites for hydroxylation is 1. The van der Waals surface area contributed by atoms with Crippen LogP contribution in [0.15, 0.2) is 65.3 Å². The number of rotatable bonds is 4. The molecule has 6 nitrogen and oxygen atoms in total. The summed E-state index contributed by atoms with van der Waals surface area (Å²) in [7, 11) is 0. The lowest BCUT2D eigenvalue weighted by atomic mass is 10.1. The van der Waals surface area contributed by atoms with Crippen LogP contribution in [-0.2, 0) is 6.54 Å². The van der Waals surface area contributed by atoms with Crippen molar-refractivity contribution in [2.24, 2.45) is 0 Å². The van der Waals surface area contributed by atoms with Crippen LogP contribution >= 0.6 is 0 Å². The van der Waals surface area contributed by atoms with Gasteiger partial charge in [-0.1, -0.05) is 18.2 Å². The maximum atomic E-state index is 12.5. The Morgan fingerprint density at radius 2 is 2.08 bits per heavy atom. The van der Waals surface area contributed by atoms with Crippen molar-refractivity contribution < 1.29 is 9.21 Å². The lowest BCUT2D eigenvalue weighted by Crippen LogP contribution is -2.11. The fourth-order valence-electron chi connectivity index (χ4n) is 2.73. The lowest BCUT2D eigenvalue weighted by Gasteiger charge is -2.08. The molecule has 0 aliphatic heterocycles. The van der Waals surface area contributed by atoms with E-state index in [-0.39, 0.29) is 11.7 Å². The first kappa shape index (κ1) is 15.1. The minimum absolute atomic E-state index is 0.265. The van der Waals surface area contributed by atoms with Crippen LogP contribution in [0.2, 0.25) is 0 Å². The van der Waals surface area contributed by atoms with E-state index in [1.165, 1.54) is 0 Å². The molecule has 124 valence electrons. The van der Waals surface area contributed by atoms with Gasteiger partial charge in [0, 0.05) is 23.5 Å². The van der Waals surface area contributed by atoms with E-state index in [2.05, 4.69) is 15.4 Å². The number of para-hydroxylation sites is 1. The van der Waals surface area contributed by atoms with E-state index >= 15 is 0 Å². The highest BCUT2D eigenvalue weighted by atomic mass is 16.4. The summed E-state index contributed by atoms with van der Waals surface area (Å²) in [5, 5.41) is 7.94. The smallest absolute Gasteiger partial charge is 0.291 e. The van der Waals surface area contributed by atoms with Crippen LogP contribution in [0.1, 0.15) is 22.0 Å². The Morgan fingerprint density at radius 1 is 1.20 bits per heavy atom. The topological polar surface area (TPSA) is 73.0 Å². The second kappa shape index (κ2) is 6.24. The van der Waals surface area contributed by atoms with Crippen molar-refractivity contribution in [3.05, 3.63) is 78.1 Å². The molecule has 0 fully saturated rings. The number of carbonyl (C=O) groups excluding carboxylic acids is 1. The van der Waals surface area contributed by atoms with E-state index in [0.29, 0.717) is 12.3 Å². The summed E-state index contributed by atoms with van der Waals surface area (Å²) in [6.45, 7) is 2.38. The van der Waals surface area contributed by atoms with Crippen LogP contribution in [0.3, 0.4) is 0 Å². The maximum absolute atomic E-state index is 12.5. The Labute approximate surface area is 144 Å². The highest BCUT2D eigenvalue weighted by Crippen LogP contribution is 2.23. The van der Waals surface area contributed by atoms with Crippen molar-refractivity contribution >= 4 is 22.5 Å². The van der Waals surface area contributed by atoms with E-state index in [1.807, 2.05) is 49.5 Å². The summed E-state index contributed by atoms with van der Waals surface area (Å²) < 4.78 is 7.38. The minimum atomic E-state index is -0.289. The quantitative estimate of drug-likeness (QED) is 0.619. The predicted molar refractivity (Wildman–Crippen MR) is 94.5 cm³/mol. The molecule has 3 heterocycles. The second-order valence-corrected chi connectivity index (χ2v) is 5.75. The maximum Gasteiger partial charge on any atom is 0.291 e. The van der Waals surface area contributed by atoms with Crippen LogP contribution < -0.4 is 5.32 Å². The number of anilines is 1. The monoisotopic (exact) mass is 332 g/mol. The van der Waals surface area contributed by atoms with Gasteiger partial charge in [-0.25, -0.2) is 0 Å². The summed E-state index contributed by atoms with van der Waals surface area (Å²) in [4.78, 5) is 17.0. The van der Waals surface area contributed by atoms with Gasteiger partial charge in [-0.3, -0.25) is 14.5 Å². The third-order valence-electron chi connectivity index (χ3n) is 3.85. The van der Waals surface area contributed by atoms with Gasteiger partial charge in [0.25, 0.3) is 5.91 Å². The first-order chi connectivity index (χ1) is 12.2. The van der Waals surface area contributed by atoms with Gasteiger partial charge in [-0.15, -0.1) is 0 Å². The molecule has 0 aliphatic carbocycles. The Bertz CT molecular complexity index is 1030. The van der Waals surface area contributed by atoms with Crippen molar-refractivity contribution in [2.75, 3.05) is 5.32 Å². The fourth-order valence-corrected chi connectivity index (χ4v) is 2.73. The van der Waals surface area contributed by atoms with Gasteiger partial charge in [-0.05, 0) is 37.3 Å². The van der Waals surface area contributed by atoms with Crippen LogP contribution in [0.4, 0.5) is 5.69 Å². The number of hydrogen-bond acceptors (Lipinski definition) is 4. The number of nitrogens with one attached hydrogen (secondary N) is 1. The van der Waals surface area contributed by atoms with Crippen molar-refractivity contribution in [2.45, 2.75) is 13.5 Å². The first-order valence-electron chi connectivity index (χ1n) is 7.93. The molecule has 3 aromatic heterocycles. The molecular weight excluding hydrogens is 316 g/mol. The molecule has 0 unspecified atom stereocenters. The molecule has 0 bridgehead atoms. The number of benzene rings is 1. The Hall–Kier alpha value is -3.41. The van der Waals surface area contributed by atoms with E-state index in [0.717, 1.165) is 22.3 Å². The lowest BCUT2D eigenvalue weighted by molar-refractivity contribution is 0.0995. The van der Waals surface area contributed by atoms with E-state index < -0.39 is 0 Å². The molecule has 25 heavy (non-hydrogen) atoms. The molecule has 0 saturated carbocycles. The van der Waals surface area contributed by atoms with Gasteiger partial charge >= 0.3 is 0 Å². The number of aromatic nitrogens is 3. The highest BCUT2D eigenvalue weighted by molar-refractivity contribution is 6.07. The third-order valence-corrected chi connectivity index (χ3v) is 3.85. The fraction of sp³-hybridized carbons (Fsp3) is 0.105. The number of nitrogens with zero attached hydrogens (tertiary/aromatic N) is 3. The van der Waals surface area contributed by atoms with Crippen molar-refractivity contribution in [3.63, 3.8) is 0 Å². The van der Waals surface area contributed by atoms with Gasteiger partial charge in [-0.2, -0.15) is 5.10 Å². The van der Waals surface area contributed by atoms with E-state index in [4.69, 9.17) is 4.42 Å². The zero-order chi connectivity index (χ0) is 17.2. The summed E-state index contributed by atoms with van der Waals surface area (Å²) in [5.41, 5.74) is 2.41. The number of hydrogen-bond donors (Lipinski definition) is 1. The van der Waals surface area contributed by atoms with Crippen molar-refractivity contribution in [1.82, 2.24) is 14.8 Å². The number of furan rings is 1. The molecule has 1 amide bonds. The van der Waals surface area contributed by atoms with Gasteiger partial charge in [0.05, 0.1) is 17.7 Å². The molecule has 0 aliphatic rings. The molecule has 6 heteroatoms.